The number of nitrogens with zero attached hydrogens (tertiary/aromatic N) is 1. The zero-order valence-corrected chi connectivity index (χ0v) is 16.3. The Morgan fingerprint density at radius 2 is 2.08 bits per heavy atom. The van der Waals surface area contributed by atoms with Crippen molar-refractivity contribution in [3.05, 3.63) is 12.7 Å². The lowest BCUT2D eigenvalue weighted by Gasteiger charge is -2.39. The minimum Gasteiger partial charge on any atom is -0.368 e. The van der Waals surface area contributed by atoms with Crippen LogP contribution < -0.4 is 5.73 Å². The third-order valence-electron chi connectivity index (χ3n) is 5.49. The van der Waals surface area contributed by atoms with Crippen molar-refractivity contribution in [1.29, 1.82) is 0 Å². The summed E-state index contributed by atoms with van der Waals surface area (Å²) in [6, 6.07) is -0.265. The summed E-state index contributed by atoms with van der Waals surface area (Å²) in [5.74, 6) is 0.0351. The lowest BCUT2D eigenvalue weighted by Crippen LogP contribution is -2.50. The average Bonchev–Trinajstić information content (AvgIpc) is 2.54. The Morgan fingerprint density at radius 3 is 2.62 bits per heavy atom. The largest absolute Gasteiger partial charge is 0.368 e. The standard InChI is InChI=1S/C20H36N2O3.CH4.H2/c1-5-17(23)10-7-8-11-20(6-2)12-9-13-22(15-25-14-20)18(16(3)4)19(21)24;;/h5,16,18H,1,6-15H2,2-4H3,(H2,21,24);1H4;1H/t18-,20+;;/m0../s1. The molecule has 0 unspecified atom stereocenters. The molecule has 2 N–H and O–H groups in total. The second-order valence-electron chi connectivity index (χ2n) is 7.72. The first kappa shape index (κ1) is 24.8. The molecule has 0 radical (unpaired) electrons. The highest BCUT2D eigenvalue weighted by Gasteiger charge is 2.33. The van der Waals surface area contributed by atoms with E-state index in [4.69, 9.17) is 10.5 Å². The van der Waals surface area contributed by atoms with Crippen molar-refractivity contribution in [2.24, 2.45) is 17.1 Å². The van der Waals surface area contributed by atoms with Crippen LogP contribution in [-0.4, -0.2) is 42.5 Å². The molecule has 1 aliphatic rings. The highest BCUT2D eigenvalue weighted by atomic mass is 16.5. The SMILES string of the molecule is C.C=CC(=O)CCCC[C@]1(CC)CCCN([C@H](C(N)=O)C(C)C)COC1.[HH]. The molecule has 1 aliphatic heterocycles. The molecule has 5 nitrogen and oxygen atoms in total. The lowest BCUT2D eigenvalue weighted by molar-refractivity contribution is -0.130. The van der Waals surface area contributed by atoms with Gasteiger partial charge in [-0.25, -0.2) is 0 Å². The van der Waals surface area contributed by atoms with Gasteiger partial charge in [0.25, 0.3) is 0 Å². The van der Waals surface area contributed by atoms with Gasteiger partial charge in [0, 0.05) is 14.4 Å². The normalized spacial score (nSPS) is 22.8. The van der Waals surface area contributed by atoms with Crippen LogP contribution >= 0.6 is 0 Å². The minimum absolute atomic E-state index is 0. The first-order chi connectivity index (χ1) is 11.8. The summed E-state index contributed by atoms with van der Waals surface area (Å²) in [6.45, 7) is 11.8. The predicted molar refractivity (Wildman–Crippen MR) is 110 cm³/mol. The molecule has 0 spiro atoms. The summed E-state index contributed by atoms with van der Waals surface area (Å²) in [5, 5.41) is 0. The molecule has 26 heavy (non-hydrogen) atoms. The number of ether oxygens (including phenoxy) is 1. The highest BCUT2D eigenvalue weighted by molar-refractivity contribution is 5.88. The Balaban J connectivity index is 0. The van der Waals surface area contributed by atoms with Gasteiger partial charge >= 0.3 is 0 Å². The number of amides is 1. The maximum Gasteiger partial charge on any atom is 0.235 e. The number of ketones is 1. The Hall–Kier alpha value is -1.20. The number of allylic oxidation sites excluding steroid dienone is 1. The molecule has 0 aromatic rings. The first-order valence-corrected chi connectivity index (χ1v) is 9.61. The van der Waals surface area contributed by atoms with E-state index in [9.17, 15) is 9.59 Å². The third-order valence-corrected chi connectivity index (χ3v) is 5.49. The van der Waals surface area contributed by atoms with Gasteiger partial charge in [0.15, 0.2) is 5.78 Å². The van der Waals surface area contributed by atoms with E-state index >= 15 is 0 Å². The van der Waals surface area contributed by atoms with Crippen molar-refractivity contribution in [1.82, 2.24) is 4.90 Å². The number of carbonyl (C=O) groups excluding carboxylic acids is 2. The van der Waals surface area contributed by atoms with Crippen LogP contribution in [0, 0.1) is 11.3 Å². The van der Waals surface area contributed by atoms with Gasteiger partial charge in [-0.1, -0.05) is 41.2 Å². The smallest absolute Gasteiger partial charge is 0.235 e. The number of carbonyl (C=O) groups is 2. The first-order valence-electron chi connectivity index (χ1n) is 9.61. The molecule has 154 valence electrons. The molecule has 1 amide bonds. The Bertz CT molecular complexity index is 445. The molecule has 0 bridgehead atoms. The van der Waals surface area contributed by atoms with E-state index in [2.05, 4.69) is 18.4 Å². The van der Waals surface area contributed by atoms with Crippen LogP contribution in [0.25, 0.3) is 0 Å². The zero-order valence-electron chi connectivity index (χ0n) is 16.3. The molecule has 1 fully saturated rings. The fourth-order valence-corrected chi connectivity index (χ4v) is 3.88. The number of hydrogen-bond donors (Lipinski definition) is 1. The van der Waals surface area contributed by atoms with Crippen molar-refractivity contribution in [2.75, 3.05) is 19.9 Å². The molecule has 0 saturated carbocycles. The molecular formula is C21H42N2O3. The minimum atomic E-state index is -0.271. The maximum absolute atomic E-state index is 11.8. The van der Waals surface area contributed by atoms with Crippen molar-refractivity contribution in [3.63, 3.8) is 0 Å². The predicted octanol–water partition coefficient (Wildman–Crippen LogP) is 4.16. The topological polar surface area (TPSA) is 72.6 Å². The van der Waals surface area contributed by atoms with Crippen molar-refractivity contribution >= 4 is 11.7 Å². The molecule has 1 heterocycles. The van der Waals surface area contributed by atoms with Crippen molar-refractivity contribution in [3.8, 4) is 0 Å². The van der Waals surface area contributed by atoms with Gasteiger partial charge in [-0.05, 0) is 49.5 Å². The van der Waals surface area contributed by atoms with Crippen LogP contribution in [0.1, 0.15) is 74.6 Å². The van der Waals surface area contributed by atoms with Crippen LogP contribution in [-0.2, 0) is 14.3 Å². The van der Waals surface area contributed by atoms with Crippen LogP contribution in [0.2, 0.25) is 0 Å². The van der Waals surface area contributed by atoms with Crippen LogP contribution in [0.5, 0.6) is 0 Å². The van der Waals surface area contributed by atoms with E-state index < -0.39 is 0 Å². The number of nitrogens with two attached hydrogens (primary N) is 1. The van der Waals surface area contributed by atoms with Crippen LogP contribution in [0.4, 0.5) is 0 Å². The van der Waals surface area contributed by atoms with Gasteiger partial charge in [-0.15, -0.1) is 0 Å². The number of unbranched alkanes of at least 4 members (excludes halogenated alkanes) is 1. The molecule has 0 aliphatic carbocycles. The Kier molecular flexibility index (Phi) is 11.7. The van der Waals surface area contributed by atoms with Crippen molar-refractivity contribution < 1.29 is 15.8 Å². The van der Waals surface area contributed by atoms with Crippen LogP contribution in [0.15, 0.2) is 12.7 Å². The summed E-state index contributed by atoms with van der Waals surface area (Å²) in [5.41, 5.74) is 5.77. The summed E-state index contributed by atoms with van der Waals surface area (Å²) in [6.07, 6.45) is 8.23. The second-order valence-corrected chi connectivity index (χ2v) is 7.72. The average molecular weight is 371 g/mol. The highest BCUT2D eigenvalue weighted by Crippen LogP contribution is 2.36. The second kappa shape index (κ2) is 12.2. The van der Waals surface area contributed by atoms with Crippen LogP contribution in [0.3, 0.4) is 0 Å². The van der Waals surface area contributed by atoms with Gasteiger partial charge in [0.1, 0.15) is 0 Å². The molecule has 1 saturated heterocycles. The van der Waals surface area contributed by atoms with E-state index in [-0.39, 0.29) is 37.9 Å². The molecule has 0 aromatic heterocycles. The molecule has 0 aromatic carbocycles. The van der Waals surface area contributed by atoms with Gasteiger partial charge < -0.3 is 10.5 Å². The number of rotatable bonds is 10. The van der Waals surface area contributed by atoms with E-state index in [0.717, 1.165) is 45.1 Å². The fraction of sp³-hybridized carbons (Fsp3) is 0.810. The monoisotopic (exact) mass is 370 g/mol. The molecule has 2 atom stereocenters. The van der Waals surface area contributed by atoms with Gasteiger partial charge in [0.05, 0.1) is 19.4 Å². The van der Waals surface area contributed by atoms with Gasteiger partial charge in [-0.2, -0.15) is 0 Å². The van der Waals surface area contributed by atoms with E-state index in [0.29, 0.717) is 19.8 Å². The van der Waals surface area contributed by atoms with E-state index in [1.807, 2.05) is 13.8 Å². The fourth-order valence-electron chi connectivity index (χ4n) is 3.88. The van der Waals surface area contributed by atoms with E-state index in [1.165, 1.54) is 6.08 Å². The molecule has 5 heteroatoms. The quantitative estimate of drug-likeness (QED) is 0.463. The van der Waals surface area contributed by atoms with Gasteiger partial charge in [-0.3, -0.25) is 14.5 Å². The summed E-state index contributed by atoms with van der Waals surface area (Å²) in [7, 11) is 0. The molecule has 1 rings (SSSR count). The third kappa shape index (κ3) is 7.58. The summed E-state index contributed by atoms with van der Waals surface area (Å²) < 4.78 is 6.01. The molecular weight excluding hydrogens is 328 g/mol. The Morgan fingerprint density at radius 1 is 1.38 bits per heavy atom. The lowest BCUT2D eigenvalue weighted by atomic mass is 9.76. The Labute approximate surface area is 161 Å². The zero-order chi connectivity index (χ0) is 18.9. The summed E-state index contributed by atoms with van der Waals surface area (Å²) in [4.78, 5) is 25.2. The van der Waals surface area contributed by atoms with Gasteiger partial charge in [0.2, 0.25) is 5.91 Å². The maximum atomic E-state index is 11.8. The van der Waals surface area contributed by atoms with E-state index in [1.54, 1.807) is 0 Å². The summed E-state index contributed by atoms with van der Waals surface area (Å²) >= 11 is 0. The number of hydrogen-bond acceptors (Lipinski definition) is 4. The number of primary amides is 1. The van der Waals surface area contributed by atoms with Crippen molar-refractivity contribution in [2.45, 2.75) is 79.2 Å².